The number of aliphatic carboxylic acids is 1. The van der Waals surface area contributed by atoms with E-state index < -0.39 is 30.5 Å². The number of carboxylic acid groups (broad SMARTS) is 1. The molecule has 2 atom stereocenters. The fourth-order valence-electron chi connectivity index (χ4n) is 4.72. The van der Waals surface area contributed by atoms with Gasteiger partial charge in [-0.15, -0.1) is 0 Å². The number of amides is 3. The summed E-state index contributed by atoms with van der Waals surface area (Å²) in [5, 5.41) is 9.81. The minimum Gasteiger partial charge on any atom is -0.481 e. The maximum absolute atomic E-state index is 13.9. The van der Waals surface area contributed by atoms with E-state index in [0.717, 1.165) is 11.1 Å². The molecule has 0 spiro atoms. The van der Waals surface area contributed by atoms with Crippen molar-refractivity contribution < 1.29 is 19.5 Å². The van der Waals surface area contributed by atoms with Crippen LogP contribution in [0.1, 0.15) is 39.5 Å². The number of anilines is 1. The predicted molar refractivity (Wildman–Crippen MR) is 133 cm³/mol. The topological polar surface area (TPSA) is 130 Å². The number of fused-ring (bicyclic) bond motifs is 1. The van der Waals surface area contributed by atoms with Crippen molar-refractivity contribution in [1.82, 2.24) is 4.90 Å². The number of carbonyl (C=O) groups excluding carboxylic acids is 2. The number of primary amides is 1. The molecule has 1 heterocycles. The van der Waals surface area contributed by atoms with Crippen LogP contribution < -0.4 is 16.4 Å². The van der Waals surface area contributed by atoms with Crippen LogP contribution in [0.25, 0.3) is 0 Å². The number of benzene rings is 3. The zero-order chi connectivity index (χ0) is 24.9. The van der Waals surface area contributed by atoms with E-state index in [9.17, 15) is 19.5 Å². The lowest BCUT2D eigenvalue weighted by atomic mass is 9.93. The third-order valence-electron chi connectivity index (χ3n) is 6.35. The second-order valence-electron chi connectivity index (χ2n) is 8.52. The lowest BCUT2D eigenvalue weighted by Gasteiger charge is -2.38. The summed E-state index contributed by atoms with van der Waals surface area (Å²) in [6.45, 7) is 0.669. The van der Waals surface area contributed by atoms with Gasteiger partial charge in [0.25, 0.3) is 5.91 Å². The van der Waals surface area contributed by atoms with Gasteiger partial charge in [0, 0.05) is 13.1 Å². The molecule has 8 nitrogen and oxygen atoms in total. The van der Waals surface area contributed by atoms with Crippen molar-refractivity contribution in [1.29, 1.82) is 0 Å². The van der Waals surface area contributed by atoms with E-state index in [2.05, 4.69) is 0 Å². The van der Waals surface area contributed by atoms with E-state index in [0.29, 0.717) is 36.3 Å². The molecular formula is C27H28N4O4. The molecule has 180 valence electrons. The summed E-state index contributed by atoms with van der Waals surface area (Å²) < 4.78 is 0. The summed E-state index contributed by atoms with van der Waals surface area (Å²) >= 11 is 0. The lowest BCUT2D eigenvalue weighted by molar-refractivity contribution is -0.137. The maximum atomic E-state index is 13.9. The van der Waals surface area contributed by atoms with Crippen LogP contribution in [-0.2, 0) is 17.8 Å². The minimum absolute atomic E-state index is 0.288. The second-order valence-corrected chi connectivity index (χ2v) is 8.52. The van der Waals surface area contributed by atoms with Gasteiger partial charge in [-0.1, -0.05) is 66.7 Å². The Balaban J connectivity index is 1.89. The van der Waals surface area contributed by atoms with Gasteiger partial charge in [0.2, 0.25) is 0 Å². The molecule has 0 saturated carbocycles. The van der Waals surface area contributed by atoms with Gasteiger partial charge in [-0.25, -0.2) is 4.79 Å². The highest BCUT2D eigenvalue weighted by Crippen LogP contribution is 2.39. The molecule has 3 aromatic rings. The van der Waals surface area contributed by atoms with Crippen molar-refractivity contribution in [3.8, 4) is 0 Å². The molecule has 0 radical (unpaired) electrons. The van der Waals surface area contributed by atoms with Crippen molar-refractivity contribution >= 4 is 23.6 Å². The third-order valence-corrected chi connectivity index (χ3v) is 6.35. The Bertz CT molecular complexity index is 1210. The molecule has 8 heteroatoms. The van der Waals surface area contributed by atoms with E-state index in [4.69, 9.17) is 11.5 Å². The van der Waals surface area contributed by atoms with Crippen LogP contribution >= 0.6 is 0 Å². The molecular weight excluding hydrogens is 444 g/mol. The van der Waals surface area contributed by atoms with Crippen LogP contribution in [0.15, 0.2) is 78.9 Å². The summed E-state index contributed by atoms with van der Waals surface area (Å²) in [6, 6.07) is 21.3. The maximum Gasteiger partial charge on any atom is 0.319 e. The number of nitrogens with two attached hydrogens (primary N) is 2. The van der Waals surface area contributed by atoms with Crippen LogP contribution in [0.2, 0.25) is 0 Å². The van der Waals surface area contributed by atoms with Gasteiger partial charge >= 0.3 is 12.0 Å². The molecule has 3 amide bonds. The summed E-state index contributed by atoms with van der Waals surface area (Å²) in [4.78, 5) is 41.6. The van der Waals surface area contributed by atoms with E-state index >= 15 is 0 Å². The first-order chi connectivity index (χ1) is 16.9. The molecule has 1 aliphatic rings. The Hall–Kier alpha value is -4.17. The van der Waals surface area contributed by atoms with Crippen LogP contribution in [-0.4, -0.2) is 40.5 Å². The monoisotopic (exact) mass is 472 g/mol. The molecule has 0 fully saturated rings. The molecule has 0 saturated heterocycles. The quantitative estimate of drug-likeness (QED) is 0.486. The van der Waals surface area contributed by atoms with Crippen LogP contribution in [0, 0.1) is 0 Å². The molecule has 1 aliphatic heterocycles. The highest BCUT2D eigenvalue weighted by molar-refractivity contribution is 6.06. The minimum atomic E-state index is -1.10. The Morgan fingerprint density at radius 3 is 2.17 bits per heavy atom. The Morgan fingerprint density at radius 2 is 1.54 bits per heavy atom. The highest BCUT2D eigenvalue weighted by Gasteiger charge is 2.43. The van der Waals surface area contributed by atoms with Gasteiger partial charge in [-0.2, -0.15) is 0 Å². The normalized spacial score (nSPS) is 17.6. The molecule has 5 N–H and O–H groups in total. The van der Waals surface area contributed by atoms with Gasteiger partial charge in [-0.05, 0) is 35.2 Å². The van der Waals surface area contributed by atoms with Gasteiger partial charge < -0.3 is 21.5 Å². The number of carbonyl (C=O) groups is 3. The summed E-state index contributed by atoms with van der Waals surface area (Å²) in [5.74, 6) is -1.39. The number of hydrogen-bond acceptors (Lipinski definition) is 4. The smallest absolute Gasteiger partial charge is 0.319 e. The fraction of sp³-hybridized carbons (Fsp3) is 0.222. The number of hydrogen-bond donors (Lipinski definition) is 3. The molecule has 4 rings (SSSR count). The highest BCUT2D eigenvalue weighted by atomic mass is 16.4. The molecule has 0 bridgehead atoms. The number of rotatable bonds is 7. The van der Waals surface area contributed by atoms with E-state index in [1.165, 1.54) is 4.90 Å². The van der Waals surface area contributed by atoms with Crippen LogP contribution in [0.5, 0.6) is 0 Å². The van der Waals surface area contributed by atoms with Crippen molar-refractivity contribution in [3.63, 3.8) is 0 Å². The zero-order valence-electron chi connectivity index (χ0n) is 19.2. The molecule has 2 unspecified atom stereocenters. The Morgan fingerprint density at radius 1 is 0.886 bits per heavy atom. The van der Waals surface area contributed by atoms with Crippen molar-refractivity contribution in [2.45, 2.75) is 31.5 Å². The second kappa shape index (κ2) is 10.4. The van der Waals surface area contributed by atoms with Crippen molar-refractivity contribution in [3.05, 3.63) is 101 Å². The number of nitrogens with zero attached hydrogens (tertiary/aromatic N) is 2. The van der Waals surface area contributed by atoms with Gasteiger partial charge in [0.1, 0.15) is 0 Å². The fourth-order valence-corrected chi connectivity index (χ4v) is 4.72. The first-order valence-corrected chi connectivity index (χ1v) is 11.4. The predicted octanol–water partition coefficient (Wildman–Crippen LogP) is 3.31. The zero-order valence-corrected chi connectivity index (χ0v) is 19.2. The standard InChI is InChI=1S/C27H28N4O4/c28-17-19-10-12-20(13-11-19)25-23(16-24(32)33)31(27(29)35)22-9-5-4-8-21(22)26(34)30(25)15-14-18-6-2-1-3-7-18/h1-13,23,25H,14-17,28H2,(H2,29,35)(H,32,33). The van der Waals surface area contributed by atoms with Crippen LogP contribution in [0.3, 0.4) is 0 Å². The van der Waals surface area contributed by atoms with Crippen molar-refractivity contribution in [2.24, 2.45) is 11.5 Å². The molecule has 0 aliphatic carbocycles. The van der Waals surface area contributed by atoms with Crippen LogP contribution in [0.4, 0.5) is 10.5 Å². The van der Waals surface area contributed by atoms with Crippen molar-refractivity contribution in [2.75, 3.05) is 11.4 Å². The summed E-state index contributed by atoms with van der Waals surface area (Å²) in [7, 11) is 0. The number of para-hydroxylation sites is 1. The number of urea groups is 1. The average molecular weight is 473 g/mol. The SMILES string of the molecule is NCc1ccc(C2C(CC(=O)O)N(C(N)=O)c3ccccc3C(=O)N2CCc2ccccc2)cc1. The third kappa shape index (κ3) is 5.02. The summed E-state index contributed by atoms with van der Waals surface area (Å²) in [5.41, 5.74) is 14.8. The molecule has 35 heavy (non-hydrogen) atoms. The van der Waals surface area contributed by atoms with Gasteiger partial charge in [-0.3, -0.25) is 14.5 Å². The summed E-state index contributed by atoms with van der Waals surface area (Å²) in [6.07, 6.45) is 0.165. The van der Waals surface area contributed by atoms with E-state index in [1.807, 2.05) is 54.6 Å². The van der Waals surface area contributed by atoms with E-state index in [1.54, 1.807) is 29.2 Å². The number of carboxylic acids is 1. The van der Waals surface area contributed by atoms with E-state index in [-0.39, 0.29) is 5.91 Å². The Kier molecular flexibility index (Phi) is 7.12. The first kappa shape index (κ1) is 24.0. The van der Waals surface area contributed by atoms with Gasteiger partial charge in [0.05, 0.1) is 29.8 Å². The lowest BCUT2D eigenvalue weighted by Crippen LogP contribution is -2.51. The first-order valence-electron chi connectivity index (χ1n) is 11.4. The van der Waals surface area contributed by atoms with Gasteiger partial charge in [0.15, 0.2) is 0 Å². The Labute approximate surface area is 203 Å². The molecule has 3 aromatic carbocycles. The average Bonchev–Trinajstić information content (AvgIpc) is 2.96. The largest absolute Gasteiger partial charge is 0.481 e. The molecule has 0 aromatic heterocycles.